The minimum absolute atomic E-state index is 0.213. The fraction of sp³-hybridized carbons (Fsp3) is 0.238. The maximum atomic E-state index is 13.2. The number of aryl methyl sites for hydroxylation is 2. The molecule has 0 atom stereocenters. The largest absolute Gasteiger partial charge is 0.405 e. The van der Waals surface area contributed by atoms with Crippen LogP contribution in [0.25, 0.3) is 16.6 Å². The van der Waals surface area contributed by atoms with Crippen LogP contribution in [0.3, 0.4) is 0 Å². The Morgan fingerprint density at radius 3 is 2.41 bits per heavy atom. The fourth-order valence-corrected chi connectivity index (χ4v) is 3.85. The second-order valence-corrected chi connectivity index (χ2v) is 7.98. The van der Waals surface area contributed by atoms with Crippen molar-refractivity contribution in [2.24, 2.45) is 0 Å². The zero-order valence-electron chi connectivity index (χ0n) is 17.1. The highest BCUT2D eigenvalue weighted by atomic mass is 32.2. The van der Waals surface area contributed by atoms with Gasteiger partial charge in [-0.2, -0.15) is 13.2 Å². The molecule has 168 valence electrons. The van der Waals surface area contributed by atoms with Crippen molar-refractivity contribution in [1.82, 2.24) is 20.2 Å². The van der Waals surface area contributed by atoms with E-state index in [1.807, 2.05) is 25.2 Å². The summed E-state index contributed by atoms with van der Waals surface area (Å²) < 4.78 is 37.9. The third-order valence-corrected chi connectivity index (χ3v) is 5.18. The fourth-order valence-electron chi connectivity index (χ4n) is 3.03. The van der Waals surface area contributed by atoms with Gasteiger partial charge in [-0.25, -0.2) is 9.78 Å². The zero-order chi connectivity index (χ0) is 23.5. The first-order valence-corrected chi connectivity index (χ1v) is 10.4. The molecule has 0 unspecified atom stereocenters. The van der Waals surface area contributed by atoms with E-state index in [0.717, 1.165) is 22.9 Å². The summed E-state index contributed by atoms with van der Waals surface area (Å²) in [5, 5.41) is 3.99. The number of hydrogen-bond donors (Lipinski definition) is 2. The van der Waals surface area contributed by atoms with Crippen LogP contribution in [0.5, 0.6) is 0 Å². The van der Waals surface area contributed by atoms with Gasteiger partial charge in [-0.15, -0.1) is 0 Å². The quantitative estimate of drug-likeness (QED) is 0.446. The number of thioether (sulfide) groups is 1. The van der Waals surface area contributed by atoms with Crippen molar-refractivity contribution in [2.45, 2.75) is 25.2 Å². The first-order valence-electron chi connectivity index (χ1n) is 9.41. The molecule has 0 aliphatic rings. The van der Waals surface area contributed by atoms with Crippen molar-refractivity contribution in [3.63, 3.8) is 0 Å². The highest BCUT2D eigenvalue weighted by Crippen LogP contribution is 2.22. The van der Waals surface area contributed by atoms with E-state index in [-0.39, 0.29) is 16.5 Å². The number of para-hydroxylation sites is 1. The SMILES string of the molecule is Cc1cc(C)cc(-n2c(SCC(=O)NC(=O)NCC(F)(F)F)nc3ccccc3c2=O)c1. The summed E-state index contributed by atoms with van der Waals surface area (Å²) in [6.07, 6.45) is -4.59. The maximum Gasteiger partial charge on any atom is 0.405 e. The van der Waals surface area contributed by atoms with Crippen molar-refractivity contribution in [2.75, 3.05) is 12.3 Å². The van der Waals surface area contributed by atoms with Crippen LogP contribution in [0.15, 0.2) is 52.4 Å². The minimum atomic E-state index is -4.59. The van der Waals surface area contributed by atoms with Gasteiger partial charge in [-0.3, -0.25) is 19.5 Å². The second-order valence-electron chi connectivity index (χ2n) is 7.03. The Morgan fingerprint density at radius 2 is 1.75 bits per heavy atom. The number of carbonyl (C=O) groups is 2. The lowest BCUT2D eigenvalue weighted by Crippen LogP contribution is -2.44. The van der Waals surface area contributed by atoms with E-state index >= 15 is 0 Å². The van der Waals surface area contributed by atoms with E-state index in [9.17, 15) is 27.6 Å². The number of fused-ring (bicyclic) bond motifs is 1. The number of nitrogens with zero attached hydrogens (tertiary/aromatic N) is 2. The Bertz CT molecular complexity index is 1220. The van der Waals surface area contributed by atoms with Crippen LogP contribution in [-0.4, -0.2) is 40.0 Å². The van der Waals surface area contributed by atoms with Gasteiger partial charge in [0.15, 0.2) is 5.16 Å². The molecule has 3 aromatic rings. The molecule has 3 amide bonds. The molecule has 1 heterocycles. The van der Waals surface area contributed by atoms with Crippen LogP contribution in [0, 0.1) is 13.8 Å². The standard InChI is InChI=1S/C21H19F3N4O3S/c1-12-7-13(2)9-14(8-12)28-18(30)15-5-3-4-6-16(15)26-20(28)32-10-17(29)27-19(31)25-11-21(22,23)24/h3-9H,10-11H2,1-2H3,(H2,25,27,29,31). The van der Waals surface area contributed by atoms with Crippen LogP contribution in [0.1, 0.15) is 11.1 Å². The summed E-state index contributed by atoms with van der Waals surface area (Å²) in [5.41, 5.74) is 2.53. The summed E-state index contributed by atoms with van der Waals surface area (Å²) in [7, 11) is 0. The Hall–Kier alpha value is -3.34. The predicted molar refractivity (Wildman–Crippen MR) is 115 cm³/mol. The van der Waals surface area contributed by atoms with Gasteiger partial charge in [0.25, 0.3) is 5.56 Å². The lowest BCUT2D eigenvalue weighted by Gasteiger charge is -2.14. The van der Waals surface area contributed by atoms with Crippen LogP contribution < -0.4 is 16.2 Å². The normalized spacial score (nSPS) is 11.4. The zero-order valence-corrected chi connectivity index (χ0v) is 17.9. The molecule has 1 aromatic heterocycles. The molecule has 0 fully saturated rings. The number of alkyl halides is 3. The molecule has 11 heteroatoms. The highest BCUT2D eigenvalue weighted by molar-refractivity contribution is 7.99. The van der Waals surface area contributed by atoms with Crippen LogP contribution in [-0.2, 0) is 4.79 Å². The van der Waals surface area contributed by atoms with Crippen LogP contribution >= 0.6 is 11.8 Å². The average Bonchev–Trinajstić information content (AvgIpc) is 2.69. The Kier molecular flexibility index (Phi) is 6.87. The summed E-state index contributed by atoms with van der Waals surface area (Å²) >= 11 is 0.894. The smallest absolute Gasteiger partial charge is 0.329 e. The molecule has 0 aliphatic carbocycles. The maximum absolute atomic E-state index is 13.2. The van der Waals surface area contributed by atoms with Crippen molar-refractivity contribution < 1.29 is 22.8 Å². The Morgan fingerprint density at radius 1 is 1.09 bits per heavy atom. The van der Waals surface area contributed by atoms with Crippen molar-refractivity contribution >= 4 is 34.6 Å². The lowest BCUT2D eigenvalue weighted by atomic mass is 10.1. The molecule has 3 rings (SSSR count). The van der Waals surface area contributed by atoms with E-state index in [0.29, 0.717) is 16.6 Å². The number of hydrogen-bond acceptors (Lipinski definition) is 5. The number of amides is 3. The Labute approximate surface area is 185 Å². The third-order valence-electron chi connectivity index (χ3n) is 4.24. The van der Waals surface area contributed by atoms with Gasteiger partial charge in [0.2, 0.25) is 5.91 Å². The predicted octanol–water partition coefficient (Wildman–Crippen LogP) is 3.48. The second kappa shape index (κ2) is 9.43. The summed E-state index contributed by atoms with van der Waals surface area (Å²) in [4.78, 5) is 41.2. The van der Waals surface area contributed by atoms with Crippen molar-refractivity contribution in [3.8, 4) is 5.69 Å². The summed E-state index contributed by atoms with van der Waals surface area (Å²) in [6, 6.07) is 11.1. The van der Waals surface area contributed by atoms with E-state index in [4.69, 9.17) is 0 Å². The van der Waals surface area contributed by atoms with Gasteiger partial charge < -0.3 is 5.32 Å². The molecule has 2 N–H and O–H groups in total. The van der Waals surface area contributed by atoms with Gasteiger partial charge in [-0.1, -0.05) is 30.0 Å². The van der Waals surface area contributed by atoms with Crippen LogP contribution in [0.2, 0.25) is 0 Å². The third kappa shape index (κ3) is 5.88. The summed E-state index contributed by atoms with van der Waals surface area (Å²) in [6.45, 7) is 2.21. The van der Waals surface area contributed by atoms with E-state index in [2.05, 4.69) is 4.98 Å². The topological polar surface area (TPSA) is 93.1 Å². The molecule has 32 heavy (non-hydrogen) atoms. The first kappa shape index (κ1) is 23.3. The number of aromatic nitrogens is 2. The monoisotopic (exact) mass is 464 g/mol. The van der Waals surface area contributed by atoms with Gasteiger partial charge in [0.1, 0.15) is 6.54 Å². The van der Waals surface area contributed by atoms with E-state index in [1.54, 1.807) is 41.7 Å². The number of imide groups is 1. The molecule has 2 aromatic carbocycles. The number of urea groups is 1. The molecular weight excluding hydrogens is 445 g/mol. The molecule has 7 nitrogen and oxygen atoms in total. The first-order chi connectivity index (χ1) is 15.0. The molecule has 0 aliphatic heterocycles. The number of carbonyl (C=O) groups excluding carboxylic acids is 2. The molecule has 0 radical (unpaired) electrons. The Balaban J connectivity index is 1.88. The van der Waals surface area contributed by atoms with E-state index < -0.39 is 24.7 Å². The van der Waals surface area contributed by atoms with Crippen LogP contribution in [0.4, 0.5) is 18.0 Å². The van der Waals surface area contributed by atoms with Gasteiger partial charge in [0, 0.05) is 0 Å². The van der Waals surface area contributed by atoms with Crippen molar-refractivity contribution in [1.29, 1.82) is 0 Å². The number of benzene rings is 2. The van der Waals surface area contributed by atoms with Gasteiger partial charge in [0.05, 0.1) is 22.3 Å². The number of rotatable bonds is 5. The molecule has 0 spiro atoms. The van der Waals surface area contributed by atoms with Gasteiger partial charge in [-0.05, 0) is 49.2 Å². The van der Waals surface area contributed by atoms with Gasteiger partial charge >= 0.3 is 12.2 Å². The number of nitrogens with one attached hydrogen (secondary N) is 2. The lowest BCUT2D eigenvalue weighted by molar-refractivity contribution is -0.124. The minimum Gasteiger partial charge on any atom is -0.329 e. The molecular formula is C21H19F3N4O3S. The van der Waals surface area contributed by atoms with E-state index in [1.165, 1.54) is 4.57 Å². The molecule has 0 bridgehead atoms. The average molecular weight is 464 g/mol. The number of halogens is 3. The molecule has 0 saturated carbocycles. The van der Waals surface area contributed by atoms with Crippen molar-refractivity contribution in [3.05, 3.63) is 63.9 Å². The molecule has 0 saturated heterocycles. The highest BCUT2D eigenvalue weighted by Gasteiger charge is 2.28. The summed E-state index contributed by atoms with van der Waals surface area (Å²) in [5.74, 6) is -1.17.